The Kier molecular flexibility index (Phi) is 5.60. The molecule has 2 N–H and O–H groups in total. The van der Waals surface area contributed by atoms with Crippen LogP contribution in [-0.4, -0.2) is 21.4 Å². The zero-order valence-electron chi connectivity index (χ0n) is 14.4. The summed E-state index contributed by atoms with van der Waals surface area (Å²) in [4.78, 5) is 12.6. The summed E-state index contributed by atoms with van der Waals surface area (Å²) in [6.07, 6.45) is 0. The number of rotatable bonds is 4. The summed E-state index contributed by atoms with van der Waals surface area (Å²) < 4.78 is 27.7. The molecule has 0 aliphatic heterocycles. The van der Waals surface area contributed by atoms with Crippen molar-refractivity contribution in [3.05, 3.63) is 82.0 Å². The summed E-state index contributed by atoms with van der Waals surface area (Å²) in [5, 5.41) is 4.44. The van der Waals surface area contributed by atoms with Crippen LogP contribution < -0.4 is 10.0 Å². The third-order valence-electron chi connectivity index (χ3n) is 3.62. The van der Waals surface area contributed by atoms with E-state index in [2.05, 4.69) is 21.9 Å². The molecule has 0 saturated heterocycles. The van der Waals surface area contributed by atoms with Crippen molar-refractivity contribution in [2.24, 2.45) is 0 Å². The van der Waals surface area contributed by atoms with Gasteiger partial charge in [0.1, 0.15) is 0 Å². The zero-order valence-corrected chi connectivity index (χ0v) is 16.0. The van der Waals surface area contributed by atoms with E-state index in [1.807, 2.05) is 23.6 Å². The number of thiophene rings is 1. The molecule has 0 radical (unpaired) electrons. The molecule has 0 atom stereocenters. The van der Waals surface area contributed by atoms with Crippen LogP contribution in [0.5, 0.6) is 0 Å². The van der Waals surface area contributed by atoms with Gasteiger partial charge in [0.25, 0.3) is 15.9 Å². The standard InChI is InChI=1S/C20H16N2O3S2/c1-21-20(23)16-8-11-19(12-9-16)27(24,25)22-17-5-2-4-15(14-17)7-10-18-6-3-13-26-18/h2-6,8-9,11-14,22H,1H3,(H,21,23). The van der Waals surface area contributed by atoms with Crippen molar-refractivity contribution < 1.29 is 13.2 Å². The van der Waals surface area contributed by atoms with Gasteiger partial charge in [-0.3, -0.25) is 9.52 Å². The molecule has 3 aromatic rings. The van der Waals surface area contributed by atoms with Gasteiger partial charge in [0.2, 0.25) is 0 Å². The highest BCUT2D eigenvalue weighted by Crippen LogP contribution is 2.18. The Morgan fingerprint density at radius 2 is 1.78 bits per heavy atom. The molecule has 5 nitrogen and oxygen atoms in total. The molecule has 7 heteroatoms. The molecular weight excluding hydrogens is 380 g/mol. The average Bonchev–Trinajstić information content (AvgIpc) is 3.19. The monoisotopic (exact) mass is 396 g/mol. The fourth-order valence-electron chi connectivity index (χ4n) is 2.29. The minimum Gasteiger partial charge on any atom is -0.355 e. The van der Waals surface area contributed by atoms with Crippen LogP contribution in [0.3, 0.4) is 0 Å². The van der Waals surface area contributed by atoms with Crippen LogP contribution in [0, 0.1) is 11.8 Å². The molecule has 1 heterocycles. The molecular formula is C20H16N2O3S2. The van der Waals surface area contributed by atoms with Crippen molar-refractivity contribution in [1.82, 2.24) is 5.32 Å². The summed E-state index contributed by atoms with van der Waals surface area (Å²) in [5.41, 5.74) is 1.52. The number of benzene rings is 2. The van der Waals surface area contributed by atoms with E-state index in [1.54, 1.807) is 29.5 Å². The van der Waals surface area contributed by atoms with Crippen molar-refractivity contribution in [3.8, 4) is 11.8 Å². The van der Waals surface area contributed by atoms with Gasteiger partial charge in [0.15, 0.2) is 0 Å². The molecule has 0 fully saturated rings. The highest BCUT2D eigenvalue weighted by atomic mass is 32.2. The Morgan fingerprint density at radius 1 is 1.00 bits per heavy atom. The third-order valence-corrected chi connectivity index (χ3v) is 5.80. The van der Waals surface area contributed by atoms with Crippen LogP contribution in [0.4, 0.5) is 5.69 Å². The second-order valence-corrected chi connectivity index (χ2v) is 8.15. The summed E-state index contributed by atoms with van der Waals surface area (Å²) in [6.45, 7) is 0. The Bertz CT molecular complexity index is 1110. The number of hydrogen-bond acceptors (Lipinski definition) is 4. The second-order valence-electron chi connectivity index (χ2n) is 5.52. The predicted molar refractivity (Wildman–Crippen MR) is 107 cm³/mol. The van der Waals surface area contributed by atoms with E-state index in [4.69, 9.17) is 0 Å². The number of nitrogens with one attached hydrogen (secondary N) is 2. The van der Waals surface area contributed by atoms with Crippen LogP contribution >= 0.6 is 11.3 Å². The van der Waals surface area contributed by atoms with Gasteiger partial charge in [-0.2, -0.15) is 0 Å². The second kappa shape index (κ2) is 8.08. The number of sulfonamides is 1. The van der Waals surface area contributed by atoms with Gasteiger partial charge < -0.3 is 5.32 Å². The van der Waals surface area contributed by atoms with E-state index in [9.17, 15) is 13.2 Å². The maximum absolute atomic E-state index is 12.6. The van der Waals surface area contributed by atoms with Crippen LogP contribution in [0.2, 0.25) is 0 Å². The van der Waals surface area contributed by atoms with Crippen LogP contribution in [-0.2, 0) is 10.0 Å². The lowest BCUT2D eigenvalue weighted by Crippen LogP contribution is -2.18. The smallest absolute Gasteiger partial charge is 0.261 e. The lowest BCUT2D eigenvalue weighted by atomic mass is 10.2. The normalized spacial score (nSPS) is 10.6. The molecule has 2 aromatic carbocycles. The molecule has 0 unspecified atom stereocenters. The quantitative estimate of drug-likeness (QED) is 0.665. The fraction of sp³-hybridized carbons (Fsp3) is 0.0500. The summed E-state index contributed by atoms with van der Waals surface area (Å²) in [7, 11) is -2.25. The van der Waals surface area contributed by atoms with Crippen molar-refractivity contribution in [1.29, 1.82) is 0 Å². The first-order chi connectivity index (χ1) is 13.0. The zero-order chi connectivity index (χ0) is 19.3. The van der Waals surface area contributed by atoms with Crippen molar-refractivity contribution in [3.63, 3.8) is 0 Å². The number of anilines is 1. The highest BCUT2D eigenvalue weighted by Gasteiger charge is 2.15. The summed E-state index contributed by atoms with van der Waals surface area (Å²) in [5.74, 6) is 5.78. The minimum absolute atomic E-state index is 0.0743. The van der Waals surface area contributed by atoms with Crippen molar-refractivity contribution in [2.75, 3.05) is 11.8 Å². The van der Waals surface area contributed by atoms with Gasteiger partial charge in [-0.15, -0.1) is 11.3 Å². The first-order valence-electron chi connectivity index (χ1n) is 7.98. The van der Waals surface area contributed by atoms with Gasteiger partial charge in [-0.25, -0.2) is 8.42 Å². The van der Waals surface area contributed by atoms with E-state index in [0.717, 1.165) is 4.88 Å². The fourth-order valence-corrected chi connectivity index (χ4v) is 3.91. The van der Waals surface area contributed by atoms with Crippen molar-refractivity contribution >= 4 is 33.0 Å². The predicted octanol–water partition coefficient (Wildman–Crippen LogP) is 3.31. The molecule has 3 rings (SSSR count). The average molecular weight is 396 g/mol. The van der Waals surface area contributed by atoms with Gasteiger partial charge in [-0.1, -0.05) is 24.0 Å². The van der Waals surface area contributed by atoms with E-state index in [-0.39, 0.29) is 10.8 Å². The maximum atomic E-state index is 12.6. The van der Waals surface area contributed by atoms with Gasteiger partial charge in [-0.05, 0) is 53.9 Å². The molecule has 0 aliphatic rings. The van der Waals surface area contributed by atoms with Crippen LogP contribution in [0.1, 0.15) is 20.8 Å². The molecule has 1 amide bonds. The number of carbonyl (C=O) groups excluding carboxylic acids is 1. The van der Waals surface area contributed by atoms with Crippen molar-refractivity contribution in [2.45, 2.75) is 4.90 Å². The lowest BCUT2D eigenvalue weighted by Gasteiger charge is -2.09. The Hall–Kier alpha value is -3.08. The van der Waals surface area contributed by atoms with E-state index in [1.165, 1.54) is 31.3 Å². The molecule has 1 aromatic heterocycles. The molecule has 0 spiro atoms. The number of amides is 1. The Balaban J connectivity index is 1.79. The Morgan fingerprint density at radius 3 is 2.44 bits per heavy atom. The van der Waals surface area contributed by atoms with E-state index >= 15 is 0 Å². The minimum atomic E-state index is -3.77. The van der Waals surface area contributed by atoms with E-state index < -0.39 is 10.0 Å². The SMILES string of the molecule is CNC(=O)c1ccc(S(=O)(=O)Nc2cccc(C#Cc3cccs3)c2)cc1. The highest BCUT2D eigenvalue weighted by molar-refractivity contribution is 7.92. The Labute approximate surface area is 162 Å². The number of hydrogen-bond donors (Lipinski definition) is 2. The van der Waals surface area contributed by atoms with Crippen LogP contribution in [0.25, 0.3) is 0 Å². The largest absolute Gasteiger partial charge is 0.355 e. The molecule has 136 valence electrons. The third kappa shape index (κ3) is 4.76. The molecule has 0 saturated carbocycles. The lowest BCUT2D eigenvalue weighted by molar-refractivity contribution is 0.0963. The summed E-state index contributed by atoms with van der Waals surface area (Å²) in [6, 6.07) is 16.5. The van der Waals surface area contributed by atoms with Crippen LogP contribution in [0.15, 0.2) is 70.9 Å². The summed E-state index contributed by atoms with van der Waals surface area (Å²) >= 11 is 1.54. The van der Waals surface area contributed by atoms with Gasteiger partial charge in [0.05, 0.1) is 15.5 Å². The van der Waals surface area contributed by atoms with Gasteiger partial charge >= 0.3 is 0 Å². The molecule has 0 aliphatic carbocycles. The first kappa shape index (κ1) is 18.7. The molecule has 0 bridgehead atoms. The van der Waals surface area contributed by atoms with E-state index in [0.29, 0.717) is 16.8 Å². The van der Waals surface area contributed by atoms with Gasteiger partial charge in [0, 0.05) is 18.2 Å². The first-order valence-corrected chi connectivity index (χ1v) is 10.3. The number of carbonyl (C=O) groups is 1. The maximum Gasteiger partial charge on any atom is 0.261 e. The topological polar surface area (TPSA) is 75.3 Å². The molecule has 27 heavy (non-hydrogen) atoms.